The van der Waals surface area contributed by atoms with Crippen LogP contribution >= 0.6 is 69.6 Å². The molecule has 0 spiro atoms. The Labute approximate surface area is 163 Å². The minimum absolute atomic E-state index is 0.0892. The molecule has 0 fully saturated rings. The molecule has 23 heavy (non-hydrogen) atoms. The van der Waals surface area contributed by atoms with E-state index in [0.717, 1.165) is 0 Å². The third-order valence-corrected chi connectivity index (χ3v) is 3.83. The first kappa shape index (κ1) is 19.4. The van der Waals surface area contributed by atoms with Crippen LogP contribution in [0.2, 0.25) is 0 Å². The standard InChI is InChI=1S/C13H11Cl6N3O/c1-2-23-22-9(8-6-4-3-5-7-8)20-10(12(14,15)16)21-11(22)13(17,18)19/h3-7,11H,2H2,1H3. The summed E-state index contributed by atoms with van der Waals surface area (Å²) in [4.78, 5) is 14.0. The maximum atomic E-state index is 6.03. The molecule has 0 radical (unpaired) electrons. The molecule has 0 saturated carbocycles. The lowest BCUT2D eigenvalue weighted by Crippen LogP contribution is -2.50. The summed E-state index contributed by atoms with van der Waals surface area (Å²) in [5.41, 5.74) is 0.696. The lowest BCUT2D eigenvalue weighted by atomic mass is 10.2. The fourth-order valence-corrected chi connectivity index (χ4v) is 2.54. The summed E-state index contributed by atoms with van der Waals surface area (Å²) in [6, 6.07) is 9.12. The molecule has 2 rings (SSSR count). The van der Waals surface area contributed by atoms with Crippen molar-refractivity contribution in [3.63, 3.8) is 0 Å². The highest BCUT2D eigenvalue weighted by Crippen LogP contribution is 2.39. The monoisotopic (exact) mass is 435 g/mol. The van der Waals surface area contributed by atoms with Crippen LogP contribution in [0.5, 0.6) is 0 Å². The number of amidine groups is 2. The second-order valence-electron chi connectivity index (χ2n) is 4.41. The third-order valence-electron chi connectivity index (χ3n) is 2.73. The third kappa shape index (κ3) is 4.79. The summed E-state index contributed by atoms with van der Waals surface area (Å²) < 4.78 is -3.70. The average Bonchev–Trinajstić information content (AvgIpc) is 2.46. The highest BCUT2D eigenvalue weighted by atomic mass is 35.6. The van der Waals surface area contributed by atoms with Crippen LogP contribution in [0.25, 0.3) is 0 Å². The molecule has 0 bridgehead atoms. The van der Waals surface area contributed by atoms with E-state index in [1.807, 2.05) is 30.3 Å². The smallest absolute Gasteiger partial charge is 0.249 e. The van der Waals surface area contributed by atoms with Crippen LogP contribution in [0.1, 0.15) is 12.5 Å². The predicted octanol–water partition coefficient (Wildman–Crippen LogP) is 5.17. The van der Waals surface area contributed by atoms with Crippen molar-refractivity contribution in [1.29, 1.82) is 0 Å². The van der Waals surface area contributed by atoms with Gasteiger partial charge in [0.1, 0.15) is 0 Å². The van der Waals surface area contributed by atoms with Crippen molar-refractivity contribution < 1.29 is 4.84 Å². The van der Waals surface area contributed by atoms with Crippen LogP contribution in [0.4, 0.5) is 0 Å². The minimum Gasteiger partial charge on any atom is -0.270 e. The van der Waals surface area contributed by atoms with E-state index in [1.165, 1.54) is 5.06 Å². The van der Waals surface area contributed by atoms with Gasteiger partial charge in [-0.05, 0) is 6.92 Å². The van der Waals surface area contributed by atoms with Crippen LogP contribution in [0.15, 0.2) is 40.3 Å². The van der Waals surface area contributed by atoms with Gasteiger partial charge in [-0.2, -0.15) is 0 Å². The molecule has 0 aromatic heterocycles. The number of hydrogen-bond acceptors (Lipinski definition) is 4. The highest BCUT2D eigenvalue weighted by Gasteiger charge is 2.45. The number of alkyl halides is 6. The summed E-state index contributed by atoms with van der Waals surface area (Å²) >= 11 is 35.8. The average molecular weight is 438 g/mol. The second kappa shape index (κ2) is 7.52. The summed E-state index contributed by atoms with van der Waals surface area (Å²) in [6.07, 6.45) is -1.06. The van der Waals surface area contributed by atoms with Crippen molar-refractivity contribution in [3.8, 4) is 0 Å². The SMILES string of the molecule is CCON1C(c2ccccc2)=NC(C(Cl)(Cl)Cl)=NC1C(Cl)(Cl)Cl. The zero-order valence-corrected chi connectivity index (χ0v) is 16.2. The minimum atomic E-state index is -1.87. The van der Waals surface area contributed by atoms with Crippen LogP contribution in [-0.4, -0.2) is 37.1 Å². The number of halogens is 6. The van der Waals surface area contributed by atoms with Gasteiger partial charge in [-0.15, -0.1) is 0 Å². The highest BCUT2D eigenvalue weighted by molar-refractivity contribution is 6.77. The maximum absolute atomic E-state index is 6.03. The van der Waals surface area contributed by atoms with Crippen molar-refractivity contribution in [2.75, 3.05) is 6.61 Å². The molecule has 1 unspecified atom stereocenters. The summed E-state index contributed by atoms with van der Waals surface area (Å²) in [5, 5.41) is 1.31. The number of aliphatic imine (C=N–C) groups is 2. The largest absolute Gasteiger partial charge is 0.270 e. The van der Waals surface area contributed by atoms with E-state index in [0.29, 0.717) is 18.0 Å². The van der Waals surface area contributed by atoms with Crippen LogP contribution < -0.4 is 0 Å². The van der Waals surface area contributed by atoms with Crippen LogP contribution in [0, 0.1) is 0 Å². The van der Waals surface area contributed by atoms with E-state index in [1.54, 1.807) is 6.92 Å². The number of hydroxylamine groups is 2. The Balaban J connectivity index is 2.58. The molecule has 126 valence electrons. The summed E-state index contributed by atoms with van der Waals surface area (Å²) in [6.45, 7) is 2.09. The normalized spacial score (nSPS) is 19.4. The molecule has 1 atom stereocenters. The van der Waals surface area contributed by atoms with E-state index in [4.69, 9.17) is 74.4 Å². The van der Waals surface area contributed by atoms with Gasteiger partial charge in [0, 0.05) is 5.56 Å². The fourth-order valence-electron chi connectivity index (χ4n) is 1.86. The van der Waals surface area contributed by atoms with Gasteiger partial charge in [-0.1, -0.05) is 99.9 Å². The summed E-state index contributed by atoms with van der Waals surface area (Å²) in [7, 11) is 0. The van der Waals surface area contributed by atoms with Crippen molar-refractivity contribution >= 4 is 81.3 Å². The van der Waals surface area contributed by atoms with Crippen molar-refractivity contribution in [1.82, 2.24) is 5.06 Å². The number of benzene rings is 1. The van der Waals surface area contributed by atoms with Gasteiger partial charge in [-0.25, -0.2) is 15.0 Å². The lowest BCUT2D eigenvalue weighted by molar-refractivity contribution is -0.120. The maximum Gasteiger partial charge on any atom is 0.249 e. The van der Waals surface area contributed by atoms with Gasteiger partial charge in [0.15, 0.2) is 17.8 Å². The van der Waals surface area contributed by atoms with Crippen molar-refractivity contribution in [2.24, 2.45) is 9.98 Å². The number of hydrogen-bond donors (Lipinski definition) is 0. The van der Waals surface area contributed by atoms with Gasteiger partial charge in [0.25, 0.3) is 0 Å². The Bertz CT molecular complexity index is 608. The Kier molecular flexibility index (Phi) is 6.34. The summed E-state index contributed by atoms with van der Waals surface area (Å²) in [5.74, 6) is 0.244. The quantitative estimate of drug-likeness (QED) is 0.612. The van der Waals surface area contributed by atoms with E-state index >= 15 is 0 Å². The van der Waals surface area contributed by atoms with Crippen LogP contribution in [0.3, 0.4) is 0 Å². The molecule has 4 nitrogen and oxygen atoms in total. The van der Waals surface area contributed by atoms with Gasteiger partial charge in [-0.3, -0.25) is 4.84 Å². The molecule has 1 aromatic rings. The number of rotatable bonds is 3. The lowest BCUT2D eigenvalue weighted by Gasteiger charge is -2.37. The van der Waals surface area contributed by atoms with Gasteiger partial charge >= 0.3 is 0 Å². The van der Waals surface area contributed by atoms with E-state index in [2.05, 4.69) is 9.98 Å². The Morgan fingerprint density at radius 1 is 1.09 bits per heavy atom. The number of nitrogens with zero attached hydrogens (tertiary/aromatic N) is 3. The Hall–Kier alpha value is 0.0600. The fraction of sp³-hybridized carbons (Fsp3) is 0.385. The molecular weight excluding hydrogens is 427 g/mol. The molecule has 0 N–H and O–H groups in total. The van der Waals surface area contributed by atoms with E-state index < -0.39 is 13.8 Å². The predicted molar refractivity (Wildman–Crippen MR) is 98.2 cm³/mol. The van der Waals surface area contributed by atoms with Gasteiger partial charge in [0.05, 0.1) is 6.61 Å². The Morgan fingerprint density at radius 2 is 1.70 bits per heavy atom. The first-order valence-electron chi connectivity index (χ1n) is 6.42. The first-order valence-corrected chi connectivity index (χ1v) is 8.69. The molecule has 0 aliphatic carbocycles. The molecule has 1 aromatic carbocycles. The van der Waals surface area contributed by atoms with E-state index in [9.17, 15) is 0 Å². The molecule has 0 amide bonds. The van der Waals surface area contributed by atoms with E-state index in [-0.39, 0.29) is 5.84 Å². The molecule has 10 heteroatoms. The molecule has 1 aliphatic rings. The van der Waals surface area contributed by atoms with Crippen molar-refractivity contribution in [2.45, 2.75) is 20.7 Å². The van der Waals surface area contributed by atoms with Crippen molar-refractivity contribution in [3.05, 3.63) is 35.9 Å². The van der Waals surface area contributed by atoms with Gasteiger partial charge in [0.2, 0.25) is 7.59 Å². The van der Waals surface area contributed by atoms with Crippen LogP contribution in [-0.2, 0) is 4.84 Å². The molecular formula is C13H11Cl6N3O. The van der Waals surface area contributed by atoms with Gasteiger partial charge < -0.3 is 0 Å². The first-order chi connectivity index (χ1) is 10.6. The zero-order chi connectivity index (χ0) is 17.3. The molecule has 1 heterocycles. The zero-order valence-electron chi connectivity index (χ0n) is 11.7. The topological polar surface area (TPSA) is 37.2 Å². The second-order valence-corrected chi connectivity index (χ2v) is 9.06. The Morgan fingerprint density at radius 3 is 2.17 bits per heavy atom. The molecule has 0 saturated heterocycles. The molecule has 1 aliphatic heterocycles.